The fraction of sp³-hybridized carbons (Fsp3) is 0.700. The van der Waals surface area contributed by atoms with Crippen molar-refractivity contribution in [1.82, 2.24) is 4.90 Å². The fourth-order valence-corrected chi connectivity index (χ4v) is 2.31. The molecule has 2 rings (SSSR count). The highest BCUT2D eigenvalue weighted by Crippen LogP contribution is 2.35. The second-order valence-electron chi connectivity index (χ2n) is 3.63. The molecule has 0 fully saturated rings. The average molecular weight is 164 g/mol. The molecule has 1 aliphatic heterocycles. The molecule has 2 heteroatoms. The normalized spacial score (nSPS) is 23.4. The van der Waals surface area contributed by atoms with Gasteiger partial charge in [-0.05, 0) is 38.2 Å². The number of rotatable bonds is 1. The van der Waals surface area contributed by atoms with Crippen LogP contribution in [0, 0.1) is 5.41 Å². The van der Waals surface area contributed by atoms with Gasteiger partial charge in [0.1, 0.15) is 5.84 Å². The monoisotopic (exact) mass is 164 g/mol. The van der Waals surface area contributed by atoms with Crippen LogP contribution >= 0.6 is 0 Å². The maximum absolute atomic E-state index is 7.79. The van der Waals surface area contributed by atoms with Gasteiger partial charge in [-0.15, -0.1) is 0 Å². The van der Waals surface area contributed by atoms with Gasteiger partial charge in [-0.1, -0.05) is 0 Å². The van der Waals surface area contributed by atoms with Gasteiger partial charge in [0.15, 0.2) is 0 Å². The van der Waals surface area contributed by atoms with Crippen LogP contribution in [0.25, 0.3) is 0 Å². The highest BCUT2D eigenvalue weighted by molar-refractivity contribution is 5.86. The predicted octanol–water partition coefficient (Wildman–Crippen LogP) is 2.52. The van der Waals surface area contributed by atoms with Crippen LogP contribution in [-0.2, 0) is 0 Å². The Morgan fingerprint density at radius 3 is 2.83 bits per heavy atom. The third-order valence-corrected chi connectivity index (χ3v) is 2.90. The van der Waals surface area contributed by atoms with Crippen LogP contribution < -0.4 is 0 Å². The van der Waals surface area contributed by atoms with Gasteiger partial charge >= 0.3 is 0 Å². The molecule has 0 atom stereocenters. The van der Waals surface area contributed by atoms with E-state index in [0.717, 1.165) is 18.8 Å². The van der Waals surface area contributed by atoms with Gasteiger partial charge in [-0.3, -0.25) is 5.41 Å². The Balaban J connectivity index is 2.24. The maximum Gasteiger partial charge on any atom is 0.104 e. The lowest BCUT2D eigenvalue weighted by Gasteiger charge is -2.22. The zero-order valence-electron chi connectivity index (χ0n) is 7.69. The van der Waals surface area contributed by atoms with E-state index in [2.05, 4.69) is 11.8 Å². The van der Waals surface area contributed by atoms with Gasteiger partial charge in [0.25, 0.3) is 0 Å². The summed E-state index contributed by atoms with van der Waals surface area (Å²) in [6.07, 6.45) is 6.05. The Labute approximate surface area is 73.8 Å². The lowest BCUT2D eigenvalue weighted by molar-refractivity contribution is 0.494. The molecular weight excluding hydrogens is 148 g/mol. The van der Waals surface area contributed by atoms with Gasteiger partial charge in [0.05, 0.1) is 0 Å². The summed E-state index contributed by atoms with van der Waals surface area (Å²) < 4.78 is 0. The third-order valence-electron chi connectivity index (χ3n) is 2.90. The molecule has 1 N–H and O–H groups in total. The smallest absolute Gasteiger partial charge is 0.104 e. The van der Waals surface area contributed by atoms with Gasteiger partial charge in [0, 0.05) is 18.7 Å². The summed E-state index contributed by atoms with van der Waals surface area (Å²) in [6.45, 7) is 3.12. The molecule has 1 aliphatic carbocycles. The predicted molar refractivity (Wildman–Crippen MR) is 50.2 cm³/mol. The van der Waals surface area contributed by atoms with Crippen LogP contribution in [0.1, 0.15) is 39.0 Å². The molecule has 0 aromatic heterocycles. The van der Waals surface area contributed by atoms with Crippen molar-refractivity contribution in [2.45, 2.75) is 39.0 Å². The topological polar surface area (TPSA) is 27.1 Å². The van der Waals surface area contributed by atoms with E-state index in [1.807, 2.05) is 0 Å². The van der Waals surface area contributed by atoms with E-state index >= 15 is 0 Å². The van der Waals surface area contributed by atoms with Crippen LogP contribution in [-0.4, -0.2) is 17.3 Å². The molecule has 0 spiro atoms. The van der Waals surface area contributed by atoms with E-state index in [4.69, 9.17) is 5.41 Å². The molecule has 0 unspecified atom stereocenters. The fourth-order valence-electron chi connectivity index (χ4n) is 2.31. The second-order valence-corrected chi connectivity index (χ2v) is 3.63. The van der Waals surface area contributed by atoms with E-state index < -0.39 is 0 Å². The number of nitrogens with zero attached hydrogens (tertiary/aromatic N) is 1. The van der Waals surface area contributed by atoms with E-state index in [1.165, 1.54) is 31.4 Å². The van der Waals surface area contributed by atoms with Gasteiger partial charge < -0.3 is 4.90 Å². The van der Waals surface area contributed by atoms with Crippen molar-refractivity contribution in [2.24, 2.45) is 0 Å². The molecule has 1 heterocycles. The summed E-state index contributed by atoms with van der Waals surface area (Å²) in [4.78, 5) is 2.19. The summed E-state index contributed by atoms with van der Waals surface area (Å²) in [5, 5.41) is 7.79. The first-order chi connectivity index (χ1) is 5.83. The molecule has 0 saturated heterocycles. The minimum Gasteiger partial charge on any atom is -0.334 e. The Kier molecular flexibility index (Phi) is 1.91. The van der Waals surface area contributed by atoms with Crippen molar-refractivity contribution in [3.8, 4) is 0 Å². The first-order valence-electron chi connectivity index (χ1n) is 4.88. The van der Waals surface area contributed by atoms with Crippen LogP contribution in [0.4, 0.5) is 0 Å². The Morgan fingerprint density at radius 1 is 1.33 bits per heavy atom. The zero-order valence-corrected chi connectivity index (χ0v) is 7.69. The second kappa shape index (κ2) is 2.92. The first-order valence-corrected chi connectivity index (χ1v) is 4.88. The maximum atomic E-state index is 7.79. The number of hydrogen-bond donors (Lipinski definition) is 1. The molecule has 0 saturated carbocycles. The first kappa shape index (κ1) is 7.84. The molecule has 0 aromatic carbocycles. The van der Waals surface area contributed by atoms with E-state index in [1.54, 1.807) is 5.57 Å². The largest absolute Gasteiger partial charge is 0.334 e. The quantitative estimate of drug-likeness (QED) is 0.633. The lowest BCUT2D eigenvalue weighted by atomic mass is 9.96. The van der Waals surface area contributed by atoms with E-state index in [0.29, 0.717) is 0 Å². The van der Waals surface area contributed by atoms with E-state index in [-0.39, 0.29) is 0 Å². The highest BCUT2D eigenvalue weighted by Gasteiger charge is 2.27. The van der Waals surface area contributed by atoms with Crippen molar-refractivity contribution >= 4 is 5.84 Å². The highest BCUT2D eigenvalue weighted by atomic mass is 15.2. The summed E-state index contributed by atoms with van der Waals surface area (Å²) in [6, 6.07) is 0. The number of amidine groups is 1. The van der Waals surface area contributed by atoms with Gasteiger partial charge in [-0.25, -0.2) is 0 Å². The van der Waals surface area contributed by atoms with Crippen LogP contribution in [0.15, 0.2) is 11.3 Å². The molecule has 0 aromatic rings. The molecule has 0 amide bonds. The van der Waals surface area contributed by atoms with Gasteiger partial charge in [-0.2, -0.15) is 0 Å². The summed E-state index contributed by atoms with van der Waals surface area (Å²) in [5.41, 5.74) is 3.03. The Bertz CT molecular complexity index is 240. The lowest BCUT2D eigenvalue weighted by Crippen LogP contribution is -2.24. The van der Waals surface area contributed by atoms with Crippen molar-refractivity contribution in [3.63, 3.8) is 0 Å². The van der Waals surface area contributed by atoms with Gasteiger partial charge in [0.2, 0.25) is 0 Å². The van der Waals surface area contributed by atoms with Crippen LogP contribution in [0.2, 0.25) is 0 Å². The summed E-state index contributed by atoms with van der Waals surface area (Å²) in [7, 11) is 0. The number of nitrogens with one attached hydrogen (secondary N) is 1. The SMILES string of the molecule is CCN1C(=N)CC2=C1CCCC2. The number of allylic oxidation sites excluding steroid dienone is 1. The standard InChI is InChI=1S/C10H16N2/c1-2-12-9-6-4-3-5-8(9)7-10(12)11/h11H,2-7H2,1H3. The Morgan fingerprint density at radius 2 is 2.08 bits per heavy atom. The van der Waals surface area contributed by atoms with Crippen LogP contribution in [0.3, 0.4) is 0 Å². The van der Waals surface area contributed by atoms with Crippen molar-refractivity contribution < 1.29 is 0 Å². The molecule has 2 aliphatic rings. The minimum absolute atomic E-state index is 0.824. The molecule has 2 nitrogen and oxygen atoms in total. The number of hydrogen-bond acceptors (Lipinski definition) is 1. The molecule has 12 heavy (non-hydrogen) atoms. The molecule has 0 bridgehead atoms. The van der Waals surface area contributed by atoms with Crippen molar-refractivity contribution in [3.05, 3.63) is 11.3 Å². The van der Waals surface area contributed by atoms with Crippen molar-refractivity contribution in [1.29, 1.82) is 5.41 Å². The zero-order chi connectivity index (χ0) is 8.55. The molecule has 66 valence electrons. The Hall–Kier alpha value is -0.790. The minimum atomic E-state index is 0.824. The average Bonchev–Trinajstić information content (AvgIpc) is 2.40. The third kappa shape index (κ3) is 1.06. The summed E-state index contributed by atoms with van der Waals surface area (Å²) >= 11 is 0. The molecular formula is C10H16N2. The van der Waals surface area contributed by atoms with Crippen LogP contribution in [0.5, 0.6) is 0 Å². The van der Waals surface area contributed by atoms with E-state index in [9.17, 15) is 0 Å². The molecule has 0 radical (unpaired) electrons. The van der Waals surface area contributed by atoms with Crippen molar-refractivity contribution in [2.75, 3.05) is 6.54 Å². The summed E-state index contributed by atoms with van der Waals surface area (Å²) in [5.74, 6) is 0.824.